The molecule has 0 spiro atoms. The van der Waals surface area contributed by atoms with Gasteiger partial charge in [0.05, 0.1) is 16.2 Å². The van der Waals surface area contributed by atoms with Crippen molar-refractivity contribution in [1.29, 1.82) is 0 Å². The SMILES string of the molecule is CNCC(CC(C)(C)OC)N1CCCC([C@@](O)(CCCCOC)c2cccc(Cl)c2F)C1. The minimum Gasteiger partial charge on any atom is -0.385 e. The summed E-state index contributed by atoms with van der Waals surface area (Å²) < 4.78 is 26.0. The van der Waals surface area contributed by atoms with Gasteiger partial charge in [-0.3, -0.25) is 4.90 Å². The zero-order valence-electron chi connectivity index (χ0n) is 20.4. The number of piperidine rings is 1. The molecule has 1 heterocycles. The molecule has 32 heavy (non-hydrogen) atoms. The van der Waals surface area contributed by atoms with Crippen LogP contribution in [0.25, 0.3) is 0 Å². The largest absolute Gasteiger partial charge is 0.385 e. The Balaban J connectivity index is 2.30. The summed E-state index contributed by atoms with van der Waals surface area (Å²) in [7, 11) is 5.38. The van der Waals surface area contributed by atoms with E-state index in [1.807, 2.05) is 7.05 Å². The van der Waals surface area contributed by atoms with Gasteiger partial charge in [0.1, 0.15) is 5.82 Å². The predicted octanol–water partition coefficient (Wildman–Crippen LogP) is 4.60. The first-order valence-corrected chi connectivity index (χ1v) is 12.2. The Kier molecular flexibility index (Phi) is 10.8. The number of benzene rings is 1. The Morgan fingerprint density at radius 3 is 2.72 bits per heavy atom. The molecule has 7 heteroatoms. The van der Waals surface area contributed by atoms with Gasteiger partial charge in [-0.25, -0.2) is 4.39 Å². The first-order chi connectivity index (χ1) is 15.2. The number of ether oxygens (including phenoxy) is 2. The highest BCUT2D eigenvalue weighted by Gasteiger charge is 2.43. The van der Waals surface area contributed by atoms with E-state index in [2.05, 4.69) is 24.1 Å². The number of methoxy groups -OCH3 is 2. The van der Waals surface area contributed by atoms with E-state index in [-0.39, 0.29) is 22.6 Å². The molecule has 0 amide bonds. The maximum Gasteiger partial charge on any atom is 0.147 e. The number of likely N-dealkylation sites (N-methyl/N-ethyl adjacent to an activating group) is 1. The molecule has 0 aromatic heterocycles. The lowest BCUT2D eigenvalue weighted by molar-refractivity contribution is -0.0767. The number of rotatable bonds is 13. The smallest absolute Gasteiger partial charge is 0.147 e. The second kappa shape index (κ2) is 12.6. The molecule has 1 aliphatic rings. The number of unbranched alkanes of at least 4 members (excludes halogenated alkanes) is 1. The van der Waals surface area contributed by atoms with Crippen molar-refractivity contribution in [1.82, 2.24) is 10.2 Å². The zero-order valence-corrected chi connectivity index (χ0v) is 21.2. The van der Waals surface area contributed by atoms with Crippen LogP contribution in [0.4, 0.5) is 4.39 Å². The van der Waals surface area contributed by atoms with Crippen LogP contribution < -0.4 is 5.32 Å². The molecule has 1 saturated heterocycles. The van der Waals surface area contributed by atoms with Crippen LogP contribution in [0, 0.1) is 11.7 Å². The van der Waals surface area contributed by atoms with Gasteiger partial charge in [-0.1, -0.05) is 23.7 Å². The number of hydrogen-bond acceptors (Lipinski definition) is 5. The minimum atomic E-state index is -1.28. The van der Waals surface area contributed by atoms with E-state index < -0.39 is 11.4 Å². The van der Waals surface area contributed by atoms with Gasteiger partial charge < -0.3 is 19.9 Å². The lowest BCUT2D eigenvalue weighted by Gasteiger charge is -2.46. The molecule has 3 atom stereocenters. The molecule has 2 N–H and O–H groups in total. The fourth-order valence-electron chi connectivity index (χ4n) is 4.98. The maximum atomic E-state index is 15.1. The summed E-state index contributed by atoms with van der Waals surface area (Å²) in [5.41, 5.74) is -1.21. The van der Waals surface area contributed by atoms with Crippen molar-refractivity contribution in [2.24, 2.45) is 5.92 Å². The topological polar surface area (TPSA) is 54.0 Å². The molecular formula is C25H42ClFN2O3. The number of nitrogens with one attached hydrogen (secondary N) is 1. The summed E-state index contributed by atoms with van der Waals surface area (Å²) >= 11 is 6.11. The number of halogens is 2. The second-order valence-corrected chi connectivity index (χ2v) is 10.1. The van der Waals surface area contributed by atoms with Crippen LogP contribution in [0.2, 0.25) is 5.02 Å². The molecule has 2 unspecified atom stereocenters. The van der Waals surface area contributed by atoms with E-state index in [1.54, 1.807) is 26.4 Å². The van der Waals surface area contributed by atoms with Crippen LogP contribution in [0.3, 0.4) is 0 Å². The van der Waals surface area contributed by atoms with Gasteiger partial charge in [0.2, 0.25) is 0 Å². The van der Waals surface area contributed by atoms with E-state index >= 15 is 4.39 Å². The molecule has 0 radical (unpaired) electrons. The molecule has 0 bridgehead atoms. The van der Waals surface area contributed by atoms with Gasteiger partial charge in [-0.05, 0) is 72.0 Å². The van der Waals surface area contributed by atoms with Crippen LogP contribution in [0.5, 0.6) is 0 Å². The molecule has 184 valence electrons. The van der Waals surface area contributed by atoms with Crippen LogP contribution in [-0.4, -0.2) is 69.2 Å². The highest BCUT2D eigenvalue weighted by Crippen LogP contribution is 2.42. The molecule has 1 aliphatic heterocycles. The normalized spacial score (nSPS) is 20.8. The average Bonchev–Trinajstić information content (AvgIpc) is 2.78. The van der Waals surface area contributed by atoms with Crippen LogP contribution in [0.15, 0.2) is 18.2 Å². The average molecular weight is 473 g/mol. The van der Waals surface area contributed by atoms with Gasteiger partial charge in [-0.2, -0.15) is 0 Å². The molecule has 1 fully saturated rings. The summed E-state index contributed by atoms with van der Waals surface area (Å²) in [6.45, 7) is 7.33. The molecule has 0 saturated carbocycles. The first kappa shape index (κ1) is 27.5. The van der Waals surface area contributed by atoms with Gasteiger partial charge >= 0.3 is 0 Å². The first-order valence-electron chi connectivity index (χ1n) is 11.8. The quantitative estimate of drug-likeness (QED) is 0.411. The van der Waals surface area contributed by atoms with Crippen molar-refractivity contribution in [2.45, 2.75) is 69.6 Å². The highest BCUT2D eigenvalue weighted by atomic mass is 35.5. The lowest BCUT2D eigenvalue weighted by Crippen LogP contribution is -2.53. The van der Waals surface area contributed by atoms with Crippen molar-refractivity contribution < 1.29 is 19.0 Å². The Hall–Kier alpha value is -0.760. The molecule has 1 aromatic rings. The van der Waals surface area contributed by atoms with Gasteiger partial charge in [0.25, 0.3) is 0 Å². The standard InChI is InChI=1S/C25H42ClFN2O3/c1-24(2,32-5)16-20(17-28-3)29-14-9-10-19(18-29)25(30,13-6-7-15-31-4)21-11-8-12-22(26)23(21)27/h8,11-12,19-20,28,30H,6-7,9-10,13-18H2,1-5H3/t19?,20?,25-/m0/s1. The number of aliphatic hydroxyl groups is 1. The number of nitrogens with zero attached hydrogens (tertiary/aromatic N) is 1. The molecule has 0 aliphatic carbocycles. The fraction of sp³-hybridized carbons (Fsp3) is 0.760. The van der Waals surface area contributed by atoms with Crippen molar-refractivity contribution in [3.05, 3.63) is 34.6 Å². The monoisotopic (exact) mass is 472 g/mol. The summed E-state index contributed by atoms with van der Waals surface area (Å²) in [4.78, 5) is 2.44. The van der Waals surface area contributed by atoms with Crippen molar-refractivity contribution in [2.75, 3.05) is 47.5 Å². The number of likely N-dealkylation sites (tertiary alicyclic amines) is 1. The van der Waals surface area contributed by atoms with E-state index in [9.17, 15) is 5.11 Å². The van der Waals surface area contributed by atoms with Crippen molar-refractivity contribution in [3.63, 3.8) is 0 Å². The third kappa shape index (κ3) is 7.12. The third-order valence-corrected chi connectivity index (χ3v) is 7.23. The highest BCUT2D eigenvalue weighted by molar-refractivity contribution is 6.30. The molecule has 1 aromatic carbocycles. The Morgan fingerprint density at radius 1 is 1.31 bits per heavy atom. The Bertz CT molecular complexity index is 706. The van der Waals surface area contributed by atoms with Crippen LogP contribution >= 0.6 is 11.6 Å². The van der Waals surface area contributed by atoms with Gasteiger partial charge in [0, 0.05) is 51.4 Å². The maximum absolute atomic E-state index is 15.1. The molecule has 5 nitrogen and oxygen atoms in total. The Labute approximate surface area is 198 Å². The van der Waals surface area contributed by atoms with E-state index in [4.69, 9.17) is 21.1 Å². The summed E-state index contributed by atoms with van der Waals surface area (Å²) in [5.74, 6) is -0.593. The molecular weight excluding hydrogens is 431 g/mol. The molecule has 2 rings (SSSR count). The van der Waals surface area contributed by atoms with Gasteiger partial charge in [-0.15, -0.1) is 0 Å². The van der Waals surface area contributed by atoms with Crippen molar-refractivity contribution >= 4 is 11.6 Å². The van der Waals surface area contributed by atoms with Crippen LogP contribution in [0.1, 0.15) is 57.9 Å². The van der Waals surface area contributed by atoms with Crippen molar-refractivity contribution in [3.8, 4) is 0 Å². The predicted molar refractivity (Wildman–Crippen MR) is 129 cm³/mol. The lowest BCUT2D eigenvalue weighted by atomic mass is 9.73. The van der Waals surface area contributed by atoms with Crippen LogP contribution in [-0.2, 0) is 15.1 Å². The fourth-order valence-corrected chi connectivity index (χ4v) is 5.16. The number of hydrogen-bond donors (Lipinski definition) is 2. The minimum absolute atomic E-state index is 0.0559. The third-order valence-electron chi connectivity index (χ3n) is 6.94. The summed E-state index contributed by atoms with van der Waals surface area (Å²) in [5, 5.41) is 15.4. The summed E-state index contributed by atoms with van der Waals surface area (Å²) in [6, 6.07) is 5.22. The van der Waals surface area contributed by atoms with E-state index in [0.29, 0.717) is 25.1 Å². The summed E-state index contributed by atoms with van der Waals surface area (Å²) in [6.07, 6.45) is 4.73. The van der Waals surface area contributed by atoms with E-state index in [1.165, 1.54) is 6.07 Å². The zero-order chi connectivity index (χ0) is 23.8. The van der Waals surface area contributed by atoms with E-state index in [0.717, 1.165) is 45.2 Å². The van der Waals surface area contributed by atoms with Gasteiger partial charge in [0.15, 0.2) is 0 Å². The second-order valence-electron chi connectivity index (χ2n) is 9.69. The Morgan fingerprint density at radius 2 is 2.06 bits per heavy atom.